The van der Waals surface area contributed by atoms with Gasteiger partial charge in [-0.2, -0.15) is 0 Å². The van der Waals surface area contributed by atoms with Gasteiger partial charge in [-0.3, -0.25) is 0 Å². The molecule has 0 aromatic carbocycles. The minimum atomic E-state index is 0.304. The molecule has 1 saturated carbocycles. The number of likely N-dealkylation sites (tertiary alicyclic amines) is 1. The van der Waals surface area contributed by atoms with Crippen molar-refractivity contribution in [1.82, 2.24) is 4.90 Å². The Morgan fingerprint density at radius 3 is 2.76 bits per heavy atom. The van der Waals surface area contributed by atoms with Crippen molar-refractivity contribution in [3.8, 4) is 0 Å². The summed E-state index contributed by atoms with van der Waals surface area (Å²) in [4.78, 5) is 5.15. The third kappa shape index (κ3) is 2.73. The molecule has 1 aliphatic heterocycles. The molecule has 1 saturated heterocycles. The van der Waals surface area contributed by atoms with Gasteiger partial charge in [-0.25, -0.2) is 0 Å². The first kappa shape index (κ1) is 12.7. The quantitative estimate of drug-likeness (QED) is 0.463. The maximum atomic E-state index is 9.56. The Hall–Kier alpha value is -0.770. The molecule has 0 radical (unpaired) electrons. The number of hydrogen-bond donors (Lipinski definition) is 1. The lowest BCUT2D eigenvalue weighted by molar-refractivity contribution is 0.0917. The topological polar surface area (TPSA) is 72.2 Å². The number of aliphatic hydroxyl groups excluding tert-OH is 1. The van der Waals surface area contributed by atoms with Crippen LogP contribution in [0.25, 0.3) is 10.4 Å². The molecule has 1 N–H and O–H groups in total. The number of aliphatic hydroxyl groups is 1. The molecular formula is C12H22N4O. The van der Waals surface area contributed by atoms with E-state index in [0.29, 0.717) is 24.5 Å². The Labute approximate surface area is 102 Å². The number of azide groups is 1. The predicted octanol–water partition coefficient (Wildman–Crippen LogP) is 2.17. The fraction of sp³-hybridized carbons (Fsp3) is 1.00. The van der Waals surface area contributed by atoms with Crippen LogP contribution in [0.3, 0.4) is 0 Å². The van der Waals surface area contributed by atoms with Gasteiger partial charge in [0.05, 0.1) is 0 Å². The van der Waals surface area contributed by atoms with Crippen LogP contribution < -0.4 is 0 Å². The molecular weight excluding hydrogens is 216 g/mol. The predicted molar refractivity (Wildman–Crippen MR) is 66.5 cm³/mol. The third-order valence-corrected chi connectivity index (χ3v) is 4.53. The van der Waals surface area contributed by atoms with E-state index in [0.717, 1.165) is 19.6 Å². The molecule has 0 unspecified atom stereocenters. The lowest BCUT2D eigenvalue weighted by atomic mass is 9.68. The molecule has 96 valence electrons. The van der Waals surface area contributed by atoms with Crippen LogP contribution in [-0.2, 0) is 0 Å². The zero-order valence-corrected chi connectivity index (χ0v) is 10.4. The summed E-state index contributed by atoms with van der Waals surface area (Å²) in [7, 11) is 0. The van der Waals surface area contributed by atoms with Crippen LogP contribution in [-0.4, -0.2) is 42.8 Å². The van der Waals surface area contributed by atoms with Gasteiger partial charge in [-0.1, -0.05) is 24.4 Å². The van der Waals surface area contributed by atoms with Crippen molar-refractivity contribution in [1.29, 1.82) is 0 Å². The van der Waals surface area contributed by atoms with Crippen LogP contribution >= 0.6 is 0 Å². The molecule has 2 rings (SSSR count). The molecule has 1 spiro atoms. The van der Waals surface area contributed by atoms with Gasteiger partial charge in [0, 0.05) is 43.6 Å². The molecule has 1 aliphatic carbocycles. The summed E-state index contributed by atoms with van der Waals surface area (Å²) in [6.45, 7) is 3.74. The van der Waals surface area contributed by atoms with E-state index in [9.17, 15) is 5.11 Å². The summed E-state index contributed by atoms with van der Waals surface area (Å²) >= 11 is 0. The first-order valence-corrected chi connectivity index (χ1v) is 6.65. The van der Waals surface area contributed by atoms with Gasteiger partial charge in [-0.05, 0) is 23.8 Å². The third-order valence-electron chi connectivity index (χ3n) is 4.53. The Morgan fingerprint density at radius 2 is 2.12 bits per heavy atom. The van der Waals surface area contributed by atoms with Gasteiger partial charge < -0.3 is 10.0 Å². The number of rotatable bonds is 4. The molecule has 2 aliphatic rings. The molecule has 5 nitrogen and oxygen atoms in total. The smallest absolute Gasteiger partial charge is 0.0477 e. The highest BCUT2D eigenvalue weighted by molar-refractivity contribution is 4.97. The zero-order valence-electron chi connectivity index (χ0n) is 10.4. The van der Waals surface area contributed by atoms with Crippen molar-refractivity contribution in [2.45, 2.75) is 32.1 Å². The summed E-state index contributed by atoms with van der Waals surface area (Å²) in [5, 5.41) is 13.2. The standard InChI is InChI=1S/C12H22N4O/c13-15-14-6-7-16-8-11(9-17)12(10-16)4-2-1-3-5-12/h11,17H,1-10H2/t11-/m0/s1. The number of hydrogen-bond acceptors (Lipinski definition) is 3. The largest absolute Gasteiger partial charge is 0.396 e. The first-order chi connectivity index (χ1) is 8.30. The molecule has 17 heavy (non-hydrogen) atoms. The average molecular weight is 238 g/mol. The summed E-state index contributed by atoms with van der Waals surface area (Å²) in [6.07, 6.45) is 6.48. The second kappa shape index (κ2) is 5.71. The summed E-state index contributed by atoms with van der Waals surface area (Å²) < 4.78 is 0. The maximum Gasteiger partial charge on any atom is 0.0477 e. The van der Waals surface area contributed by atoms with Crippen LogP contribution in [0.2, 0.25) is 0 Å². The van der Waals surface area contributed by atoms with Crippen molar-refractivity contribution >= 4 is 0 Å². The summed E-state index contributed by atoms with van der Waals surface area (Å²) in [5.74, 6) is 0.425. The molecule has 2 fully saturated rings. The second-order valence-corrected chi connectivity index (χ2v) is 5.49. The Kier molecular flexibility index (Phi) is 4.26. The molecule has 5 heteroatoms. The van der Waals surface area contributed by atoms with Crippen molar-refractivity contribution in [2.75, 3.05) is 32.8 Å². The van der Waals surface area contributed by atoms with E-state index in [1.807, 2.05) is 0 Å². The van der Waals surface area contributed by atoms with E-state index < -0.39 is 0 Å². The number of nitrogens with zero attached hydrogens (tertiary/aromatic N) is 4. The molecule has 1 atom stereocenters. The normalized spacial score (nSPS) is 28.2. The first-order valence-electron chi connectivity index (χ1n) is 6.65. The minimum absolute atomic E-state index is 0.304. The van der Waals surface area contributed by atoms with Crippen molar-refractivity contribution in [3.63, 3.8) is 0 Å². The van der Waals surface area contributed by atoms with E-state index in [1.165, 1.54) is 32.1 Å². The molecule has 0 amide bonds. The lowest BCUT2D eigenvalue weighted by Gasteiger charge is -2.37. The molecule has 0 aromatic rings. The molecule has 1 heterocycles. The second-order valence-electron chi connectivity index (χ2n) is 5.49. The zero-order chi connectivity index (χ0) is 12.1. The van der Waals surface area contributed by atoms with Crippen molar-refractivity contribution < 1.29 is 5.11 Å². The Bertz CT molecular complexity index is 295. The summed E-state index contributed by atoms with van der Waals surface area (Å²) in [6, 6.07) is 0. The van der Waals surface area contributed by atoms with E-state index >= 15 is 0 Å². The van der Waals surface area contributed by atoms with Crippen molar-refractivity contribution in [2.24, 2.45) is 16.4 Å². The van der Waals surface area contributed by atoms with Gasteiger partial charge >= 0.3 is 0 Å². The Balaban J connectivity index is 1.95. The fourth-order valence-corrected chi connectivity index (χ4v) is 3.62. The van der Waals surface area contributed by atoms with E-state index in [2.05, 4.69) is 14.9 Å². The van der Waals surface area contributed by atoms with Gasteiger partial charge in [0.25, 0.3) is 0 Å². The van der Waals surface area contributed by atoms with Crippen molar-refractivity contribution in [3.05, 3.63) is 10.4 Å². The highest BCUT2D eigenvalue weighted by Crippen LogP contribution is 2.47. The highest BCUT2D eigenvalue weighted by Gasteiger charge is 2.45. The Morgan fingerprint density at radius 1 is 1.35 bits per heavy atom. The fourth-order valence-electron chi connectivity index (χ4n) is 3.62. The van der Waals surface area contributed by atoms with Crippen LogP contribution in [0, 0.1) is 11.3 Å². The van der Waals surface area contributed by atoms with Gasteiger partial charge in [0.2, 0.25) is 0 Å². The SMILES string of the molecule is [N-]=[N+]=NCCN1C[C@@H](CO)C2(CCCCC2)C1. The van der Waals surface area contributed by atoms with Gasteiger partial charge in [0.15, 0.2) is 0 Å². The highest BCUT2D eigenvalue weighted by atomic mass is 16.3. The van der Waals surface area contributed by atoms with Crippen LogP contribution in [0.1, 0.15) is 32.1 Å². The van der Waals surface area contributed by atoms with Gasteiger partial charge in [0.1, 0.15) is 0 Å². The van der Waals surface area contributed by atoms with E-state index in [-0.39, 0.29) is 0 Å². The van der Waals surface area contributed by atoms with E-state index in [4.69, 9.17) is 5.53 Å². The van der Waals surface area contributed by atoms with Crippen LogP contribution in [0.5, 0.6) is 0 Å². The lowest BCUT2D eigenvalue weighted by Crippen LogP contribution is -2.34. The maximum absolute atomic E-state index is 9.56. The van der Waals surface area contributed by atoms with Crippen LogP contribution in [0.15, 0.2) is 5.11 Å². The monoisotopic (exact) mass is 238 g/mol. The summed E-state index contributed by atoms with van der Waals surface area (Å²) in [5.41, 5.74) is 8.63. The molecule has 0 aromatic heterocycles. The minimum Gasteiger partial charge on any atom is -0.396 e. The average Bonchev–Trinajstić information content (AvgIpc) is 2.68. The van der Waals surface area contributed by atoms with Crippen LogP contribution in [0.4, 0.5) is 0 Å². The van der Waals surface area contributed by atoms with Gasteiger partial charge in [-0.15, -0.1) is 0 Å². The van der Waals surface area contributed by atoms with E-state index in [1.54, 1.807) is 0 Å². The molecule has 0 bridgehead atoms.